The summed E-state index contributed by atoms with van der Waals surface area (Å²) in [6, 6.07) is 11.4. The number of nitrogens with zero attached hydrogens (tertiary/aromatic N) is 3. The van der Waals surface area contributed by atoms with Crippen molar-refractivity contribution < 1.29 is 14.4 Å². The molecule has 2 saturated heterocycles. The highest BCUT2D eigenvalue weighted by Crippen LogP contribution is 2.27. The summed E-state index contributed by atoms with van der Waals surface area (Å²) in [6.45, 7) is 5.46. The van der Waals surface area contributed by atoms with E-state index in [1.54, 1.807) is 22.1 Å². The molecule has 0 spiro atoms. The van der Waals surface area contributed by atoms with Gasteiger partial charge in [-0.15, -0.1) is 6.58 Å². The Morgan fingerprint density at radius 2 is 2.03 bits per heavy atom. The Morgan fingerprint density at radius 1 is 1.19 bits per heavy atom. The molecule has 0 unspecified atom stereocenters. The van der Waals surface area contributed by atoms with Crippen molar-refractivity contribution in [1.29, 1.82) is 0 Å². The molecule has 0 aliphatic carbocycles. The van der Waals surface area contributed by atoms with Crippen LogP contribution in [-0.2, 0) is 20.8 Å². The molecule has 1 N–H and O–H groups in total. The van der Waals surface area contributed by atoms with Crippen LogP contribution in [0.5, 0.6) is 0 Å². The Labute approximate surface area is 188 Å². The molecule has 166 valence electrons. The van der Waals surface area contributed by atoms with Gasteiger partial charge < -0.3 is 15.1 Å². The van der Waals surface area contributed by atoms with Crippen molar-refractivity contribution in [3.8, 4) is 11.1 Å². The van der Waals surface area contributed by atoms with Crippen molar-refractivity contribution in [2.45, 2.75) is 25.3 Å². The van der Waals surface area contributed by atoms with Crippen LogP contribution in [0.3, 0.4) is 0 Å². The summed E-state index contributed by atoms with van der Waals surface area (Å²) >= 11 is 0. The normalized spacial score (nSPS) is 21.2. The van der Waals surface area contributed by atoms with Crippen LogP contribution in [0.15, 0.2) is 61.4 Å². The quantitative estimate of drug-likeness (QED) is 0.709. The fourth-order valence-electron chi connectivity index (χ4n) is 4.52. The predicted octanol–water partition coefficient (Wildman–Crippen LogP) is 2.04. The first-order chi connectivity index (χ1) is 15.6. The summed E-state index contributed by atoms with van der Waals surface area (Å²) in [5.41, 5.74) is 3.07. The molecule has 3 amide bonds. The number of rotatable bonds is 6. The molecule has 2 atom stereocenters. The summed E-state index contributed by atoms with van der Waals surface area (Å²) in [4.78, 5) is 45.9. The molecule has 2 fully saturated rings. The second-order valence-electron chi connectivity index (χ2n) is 8.32. The van der Waals surface area contributed by atoms with Gasteiger partial charge in [-0.2, -0.15) is 0 Å². The van der Waals surface area contributed by atoms with Gasteiger partial charge in [0, 0.05) is 50.6 Å². The maximum Gasteiger partial charge on any atom is 0.245 e. The Balaban J connectivity index is 1.60. The van der Waals surface area contributed by atoms with E-state index in [0.29, 0.717) is 45.4 Å². The Kier molecular flexibility index (Phi) is 6.63. The molecule has 32 heavy (non-hydrogen) atoms. The van der Waals surface area contributed by atoms with Gasteiger partial charge in [-0.3, -0.25) is 19.4 Å². The number of amides is 3. The molecule has 0 radical (unpaired) electrons. The van der Waals surface area contributed by atoms with Gasteiger partial charge >= 0.3 is 0 Å². The van der Waals surface area contributed by atoms with E-state index >= 15 is 0 Å². The van der Waals surface area contributed by atoms with Crippen molar-refractivity contribution in [3.63, 3.8) is 0 Å². The van der Waals surface area contributed by atoms with E-state index in [0.717, 1.165) is 16.7 Å². The van der Waals surface area contributed by atoms with Crippen molar-refractivity contribution in [3.05, 3.63) is 67.0 Å². The fourth-order valence-corrected chi connectivity index (χ4v) is 4.52. The fraction of sp³-hybridized carbons (Fsp3) is 0.360. The van der Waals surface area contributed by atoms with E-state index in [4.69, 9.17) is 0 Å². The molecule has 2 aliphatic heterocycles. The molecule has 2 aliphatic rings. The van der Waals surface area contributed by atoms with Gasteiger partial charge in [0.15, 0.2) is 0 Å². The molecule has 2 aromatic rings. The number of hydrogen-bond acceptors (Lipinski definition) is 4. The molecule has 7 nitrogen and oxygen atoms in total. The number of hydrogen-bond donors (Lipinski definition) is 1. The second kappa shape index (κ2) is 9.77. The highest BCUT2D eigenvalue weighted by Gasteiger charge is 2.36. The highest BCUT2D eigenvalue weighted by atomic mass is 16.2. The van der Waals surface area contributed by atoms with Gasteiger partial charge in [-0.05, 0) is 30.0 Å². The minimum absolute atomic E-state index is 0.0247. The van der Waals surface area contributed by atoms with Crippen LogP contribution in [0.1, 0.15) is 18.4 Å². The largest absolute Gasteiger partial charge is 0.344 e. The minimum atomic E-state index is -0.494. The van der Waals surface area contributed by atoms with Crippen LogP contribution in [-0.4, -0.2) is 64.7 Å². The molecule has 7 heteroatoms. The summed E-state index contributed by atoms with van der Waals surface area (Å²) in [7, 11) is 0. The van der Waals surface area contributed by atoms with Crippen molar-refractivity contribution in [2.24, 2.45) is 5.92 Å². The van der Waals surface area contributed by atoms with E-state index < -0.39 is 6.04 Å². The standard InChI is InChI=1S/C25H28N4O3/c1-2-12-28-13-14-29(25(32)22-9-10-23(30)27-22)17-20(24(28)31)15-18-6-3-4-8-21(18)19-7-5-11-26-16-19/h2-8,11,16,20,22H,1,9-10,12-15,17H2,(H,27,30)/t20-,22-/m1/s1. The third-order valence-electron chi connectivity index (χ3n) is 6.15. The van der Waals surface area contributed by atoms with Crippen LogP contribution in [0, 0.1) is 5.92 Å². The number of carbonyl (C=O) groups excluding carboxylic acids is 3. The lowest BCUT2D eigenvalue weighted by Gasteiger charge is -2.26. The smallest absolute Gasteiger partial charge is 0.245 e. The van der Waals surface area contributed by atoms with E-state index in [1.165, 1.54) is 0 Å². The molecule has 0 saturated carbocycles. The maximum atomic E-state index is 13.4. The van der Waals surface area contributed by atoms with E-state index in [9.17, 15) is 14.4 Å². The molecule has 0 bridgehead atoms. The topological polar surface area (TPSA) is 82.6 Å². The highest BCUT2D eigenvalue weighted by molar-refractivity contribution is 5.91. The van der Waals surface area contributed by atoms with E-state index in [1.807, 2.05) is 42.6 Å². The lowest BCUT2D eigenvalue weighted by Crippen LogP contribution is -2.46. The van der Waals surface area contributed by atoms with Gasteiger partial charge in [0.25, 0.3) is 0 Å². The summed E-state index contributed by atoms with van der Waals surface area (Å²) in [5, 5.41) is 2.76. The van der Waals surface area contributed by atoms with Crippen LogP contribution >= 0.6 is 0 Å². The number of nitrogens with one attached hydrogen (secondary N) is 1. The number of carbonyl (C=O) groups is 3. The predicted molar refractivity (Wildman–Crippen MR) is 121 cm³/mol. The van der Waals surface area contributed by atoms with Gasteiger partial charge in [0.2, 0.25) is 17.7 Å². The van der Waals surface area contributed by atoms with Crippen LogP contribution < -0.4 is 5.32 Å². The third kappa shape index (κ3) is 4.72. The SMILES string of the molecule is C=CCN1CCN(C(=O)[C@H]2CCC(=O)N2)C[C@@H](Cc2ccccc2-c2cccnc2)C1=O. The average molecular weight is 433 g/mol. The monoisotopic (exact) mass is 432 g/mol. The maximum absolute atomic E-state index is 13.4. The van der Waals surface area contributed by atoms with Crippen molar-refractivity contribution >= 4 is 17.7 Å². The van der Waals surface area contributed by atoms with Crippen LogP contribution in [0.4, 0.5) is 0 Å². The van der Waals surface area contributed by atoms with Gasteiger partial charge in [0.1, 0.15) is 6.04 Å². The molecule has 1 aromatic heterocycles. The molecular formula is C25H28N4O3. The van der Waals surface area contributed by atoms with Crippen molar-refractivity contribution in [1.82, 2.24) is 20.1 Å². The Morgan fingerprint density at radius 3 is 2.75 bits per heavy atom. The second-order valence-corrected chi connectivity index (χ2v) is 8.32. The zero-order chi connectivity index (χ0) is 22.5. The van der Waals surface area contributed by atoms with Gasteiger partial charge in [0.05, 0.1) is 5.92 Å². The lowest BCUT2D eigenvalue weighted by molar-refractivity contribution is -0.136. The average Bonchev–Trinajstić information content (AvgIpc) is 3.20. The summed E-state index contributed by atoms with van der Waals surface area (Å²) in [5.74, 6) is -0.549. The molecular weight excluding hydrogens is 404 g/mol. The first kappa shape index (κ1) is 21.7. The zero-order valence-corrected chi connectivity index (χ0v) is 18.1. The van der Waals surface area contributed by atoms with Gasteiger partial charge in [-0.1, -0.05) is 36.4 Å². The Hall–Kier alpha value is -3.48. The van der Waals surface area contributed by atoms with Crippen LogP contribution in [0.2, 0.25) is 0 Å². The minimum Gasteiger partial charge on any atom is -0.344 e. The lowest BCUT2D eigenvalue weighted by atomic mass is 9.91. The number of benzene rings is 1. The zero-order valence-electron chi connectivity index (χ0n) is 18.1. The van der Waals surface area contributed by atoms with Crippen LogP contribution in [0.25, 0.3) is 11.1 Å². The number of aromatic nitrogens is 1. The number of pyridine rings is 1. The Bertz CT molecular complexity index is 1010. The molecule has 1 aromatic carbocycles. The third-order valence-corrected chi connectivity index (χ3v) is 6.15. The summed E-state index contributed by atoms with van der Waals surface area (Å²) < 4.78 is 0. The van der Waals surface area contributed by atoms with Gasteiger partial charge in [-0.25, -0.2) is 0 Å². The summed E-state index contributed by atoms with van der Waals surface area (Å²) in [6.07, 6.45) is 6.65. The van der Waals surface area contributed by atoms with E-state index in [-0.39, 0.29) is 23.6 Å². The molecule has 3 heterocycles. The first-order valence-electron chi connectivity index (χ1n) is 11.0. The molecule has 4 rings (SSSR count). The van der Waals surface area contributed by atoms with E-state index in [2.05, 4.69) is 16.9 Å². The van der Waals surface area contributed by atoms with Crippen molar-refractivity contribution in [2.75, 3.05) is 26.2 Å². The first-order valence-corrected chi connectivity index (χ1v) is 11.0.